The van der Waals surface area contributed by atoms with Crippen molar-refractivity contribution in [1.29, 1.82) is 0 Å². The lowest BCUT2D eigenvalue weighted by atomic mass is 10.1. The van der Waals surface area contributed by atoms with Gasteiger partial charge in [-0.3, -0.25) is 14.5 Å². The third kappa shape index (κ3) is 7.41. The second-order valence-electron chi connectivity index (χ2n) is 7.54. The Bertz CT molecular complexity index is 1090. The zero-order valence-electron chi connectivity index (χ0n) is 18.7. The Morgan fingerprint density at radius 1 is 1.09 bits per heavy atom. The van der Waals surface area contributed by atoms with Crippen LogP contribution in [0, 0.1) is 0 Å². The molecule has 1 N–H and O–H groups in total. The Balaban J connectivity index is 1.38. The largest absolute Gasteiger partial charge is 0.462 e. The first-order chi connectivity index (χ1) is 16.4. The van der Waals surface area contributed by atoms with Crippen molar-refractivity contribution in [1.82, 2.24) is 4.90 Å². The van der Waals surface area contributed by atoms with Crippen molar-refractivity contribution in [2.24, 2.45) is 0 Å². The third-order valence-electron chi connectivity index (χ3n) is 5.01. The predicted molar refractivity (Wildman–Crippen MR) is 141 cm³/mol. The topological polar surface area (TPSA) is 75.7 Å². The number of unbranched alkanes of at least 4 members (excludes halogenated alkanes) is 2. The number of esters is 1. The first-order valence-corrected chi connectivity index (χ1v) is 12.6. The molecule has 1 heterocycles. The van der Waals surface area contributed by atoms with Gasteiger partial charge in [-0.05, 0) is 67.8 Å². The van der Waals surface area contributed by atoms with Crippen molar-refractivity contribution in [3.63, 3.8) is 0 Å². The highest BCUT2D eigenvalue weighted by molar-refractivity contribution is 8.26. The summed E-state index contributed by atoms with van der Waals surface area (Å²) in [5, 5.41) is 3.47. The van der Waals surface area contributed by atoms with Gasteiger partial charge in [-0.15, -0.1) is 0 Å². The molecule has 1 aliphatic heterocycles. The fourth-order valence-electron chi connectivity index (χ4n) is 3.26. The Labute approximate surface area is 213 Å². The van der Waals surface area contributed by atoms with Gasteiger partial charge in [0.15, 0.2) is 0 Å². The first kappa shape index (κ1) is 25.9. The maximum Gasteiger partial charge on any atom is 0.338 e. The van der Waals surface area contributed by atoms with Gasteiger partial charge in [-0.2, -0.15) is 0 Å². The number of thiocarbonyl (C=S) groups is 1. The van der Waals surface area contributed by atoms with Crippen LogP contribution in [0.5, 0.6) is 0 Å². The number of rotatable bonds is 10. The van der Waals surface area contributed by atoms with Crippen LogP contribution < -0.4 is 5.32 Å². The summed E-state index contributed by atoms with van der Waals surface area (Å²) in [4.78, 5) is 38.8. The number of thioether (sulfide) groups is 1. The number of nitrogens with one attached hydrogen (secondary N) is 1. The van der Waals surface area contributed by atoms with Crippen molar-refractivity contribution in [2.75, 3.05) is 18.5 Å². The van der Waals surface area contributed by atoms with E-state index in [0.29, 0.717) is 51.5 Å². The van der Waals surface area contributed by atoms with Gasteiger partial charge in [0.05, 0.1) is 17.1 Å². The molecule has 2 aromatic rings. The lowest BCUT2D eigenvalue weighted by Crippen LogP contribution is -2.29. The fourth-order valence-corrected chi connectivity index (χ4v) is 4.70. The van der Waals surface area contributed by atoms with Gasteiger partial charge in [0.2, 0.25) is 5.91 Å². The number of ether oxygens (including phenoxy) is 1. The number of carbonyl (C=O) groups excluding carboxylic acids is 3. The molecular formula is C25H25ClN2O4S2. The fraction of sp³-hybridized carbons (Fsp3) is 0.280. The summed E-state index contributed by atoms with van der Waals surface area (Å²) in [6.07, 6.45) is 4.43. The molecule has 1 saturated heterocycles. The molecule has 178 valence electrons. The molecule has 0 radical (unpaired) electrons. The standard InChI is InChI=1S/C25H25ClN2O4S2/c1-2-32-24(31)18-9-13-20(14-10-18)27-22(29)6-4-3-5-15-28-23(30)21(34-25(28)33)16-17-7-11-19(26)12-8-17/h7-14,16H,2-6,15H2,1H3,(H,27,29)/b21-16-. The molecule has 9 heteroatoms. The quantitative estimate of drug-likeness (QED) is 0.183. The molecule has 2 amide bonds. The molecule has 0 unspecified atom stereocenters. The number of amides is 2. The zero-order valence-corrected chi connectivity index (χ0v) is 21.1. The van der Waals surface area contributed by atoms with Gasteiger partial charge in [-0.25, -0.2) is 4.79 Å². The third-order valence-corrected chi connectivity index (χ3v) is 6.64. The molecule has 2 aromatic carbocycles. The van der Waals surface area contributed by atoms with Crippen LogP contribution in [-0.2, 0) is 14.3 Å². The van der Waals surface area contributed by atoms with E-state index in [1.165, 1.54) is 11.8 Å². The average Bonchev–Trinajstić information content (AvgIpc) is 3.08. The van der Waals surface area contributed by atoms with E-state index in [9.17, 15) is 14.4 Å². The van der Waals surface area contributed by atoms with Gasteiger partial charge in [0.25, 0.3) is 5.91 Å². The molecule has 1 fully saturated rings. The Morgan fingerprint density at radius 3 is 2.47 bits per heavy atom. The first-order valence-electron chi connectivity index (χ1n) is 11.0. The van der Waals surface area contributed by atoms with Crippen LogP contribution >= 0.6 is 35.6 Å². The summed E-state index contributed by atoms with van der Waals surface area (Å²) < 4.78 is 5.49. The van der Waals surface area contributed by atoms with Gasteiger partial charge in [0, 0.05) is 23.7 Å². The minimum atomic E-state index is -0.387. The van der Waals surface area contributed by atoms with Gasteiger partial charge < -0.3 is 10.1 Å². The molecule has 6 nitrogen and oxygen atoms in total. The van der Waals surface area contributed by atoms with Crippen LogP contribution in [0.3, 0.4) is 0 Å². The molecule has 0 saturated carbocycles. The van der Waals surface area contributed by atoms with Crippen LogP contribution in [-0.4, -0.2) is 40.2 Å². The Morgan fingerprint density at radius 2 is 1.79 bits per heavy atom. The summed E-state index contributed by atoms with van der Waals surface area (Å²) in [7, 11) is 0. The van der Waals surface area contributed by atoms with E-state index in [4.69, 9.17) is 28.6 Å². The molecule has 1 aliphatic rings. The van der Waals surface area contributed by atoms with Crippen LogP contribution in [0.25, 0.3) is 6.08 Å². The van der Waals surface area contributed by atoms with Gasteiger partial charge in [0.1, 0.15) is 4.32 Å². The van der Waals surface area contributed by atoms with E-state index in [1.807, 2.05) is 18.2 Å². The minimum absolute atomic E-state index is 0.0889. The Hall–Kier alpha value is -2.68. The van der Waals surface area contributed by atoms with Crippen LogP contribution in [0.15, 0.2) is 53.4 Å². The van der Waals surface area contributed by atoms with E-state index in [-0.39, 0.29) is 17.8 Å². The van der Waals surface area contributed by atoms with Crippen LogP contribution in [0.4, 0.5) is 5.69 Å². The summed E-state index contributed by atoms with van der Waals surface area (Å²) in [5.41, 5.74) is 1.97. The molecular weight excluding hydrogens is 492 g/mol. The second kappa shape index (κ2) is 12.7. The zero-order chi connectivity index (χ0) is 24.5. The number of hydrogen-bond acceptors (Lipinski definition) is 6. The Kier molecular flexibility index (Phi) is 9.68. The van der Waals surface area contributed by atoms with E-state index in [2.05, 4.69) is 5.32 Å². The summed E-state index contributed by atoms with van der Waals surface area (Å²) in [6.45, 7) is 2.59. The lowest BCUT2D eigenvalue weighted by Gasteiger charge is -2.14. The molecule has 0 spiro atoms. The average molecular weight is 517 g/mol. The molecule has 0 atom stereocenters. The SMILES string of the molecule is CCOC(=O)c1ccc(NC(=O)CCCCCN2C(=O)/C(=C/c3ccc(Cl)cc3)SC2=S)cc1. The highest BCUT2D eigenvalue weighted by Crippen LogP contribution is 2.33. The number of benzene rings is 2. The summed E-state index contributed by atoms with van der Waals surface area (Å²) >= 11 is 12.6. The number of carbonyl (C=O) groups is 3. The van der Waals surface area contributed by atoms with Crippen molar-refractivity contribution in [2.45, 2.75) is 32.6 Å². The van der Waals surface area contributed by atoms with E-state index in [0.717, 1.165) is 18.4 Å². The van der Waals surface area contributed by atoms with Crippen LogP contribution in [0.2, 0.25) is 5.02 Å². The minimum Gasteiger partial charge on any atom is -0.462 e. The van der Waals surface area contributed by atoms with E-state index in [1.54, 1.807) is 48.2 Å². The normalized spacial score (nSPS) is 14.5. The van der Waals surface area contributed by atoms with Crippen molar-refractivity contribution >= 4 is 69.4 Å². The maximum atomic E-state index is 12.7. The van der Waals surface area contributed by atoms with Gasteiger partial charge in [-0.1, -0.05) is 54.1 Å². The number of anilines is 1. The van der Waals surface area contributed by atoms with Crippen molar-refractivity contribution in [3.8, 4) is 0 Å². The molecule has 34 heavy (non-hydrogen) atoms. The maximum absolute atomic E-state index is 12.7. The summed E-state index contributed by atoms with van der Waals surface area (Å²) in [5.74, 6) is -0.573. The molecule has 0 aliphatic carbocycles. The van der Waals surface area contributed by atoms with E-state index >= 15 is 0 Å². The predicted octanol–water partition coefficient (Wildman–Crippen LogP) is 5.92. The smallest absolute Gasteiger partial charge is 0.338 e. The second-order valence-corrected chi connectivity index (χ2v) is 9.65. The monoisotopic (exact) mass is 516 g/mol. The highest BCUT2D eigenvalue weighted by Gasteiger charge is 2.31. The van der Waals surface area contributed by atoms with Gasteiger partial charge >= 0.3 is 5.97 Å². The van der Waals surface area contributed by atoms with E-state index < -0.39 is 0 Å². The number of nitrogens with zero attached hydrogens (tertiary/aromatic N) is 1. The lowest BCUT2D eigenvalue weighted by molar-refractivity contribution is -0.122. The number of hydrogen-bond donors (Lipinski definition) is 1. The number of halogens is 1. The molecule has 0 aromatic heterocycles. The van der Waals surface area contributed by atoms with Crippen molar-refractivity contribution < 1.29 is 19.1 Å². The van der Waals surface area contributed by atoms with Crippen LogP contribution in [0.1, 0.15) is 48.5 Å². The summed E-state index contributed by atoms with van der Waals surface area (Å²) in [6, 6.07) is 13.9. The molecule has 3 rings (SSSR count). The molecule has 0 bridgehead atoms. The van der Waals surface area contributed by atoms with Crippen molar-refractivity contribution in [3.05, 3.63) is 69.6 Å². The highest BCUT2D eigenvalue weighted by atomic mass is 35.5.